The highest BCUT2D eigenvalue weighted by Gasteiger charge is 2.37. The summed E-state index contributed by atoms with van der Waals surface area (Å²) in [5.41, 5.74) is 3.81. The lowest BCUT2D eigenvalue weighted by molar-refractivity contribution is -0.154. The zero-order chi connectivity index (χ0) is 26.2. The Kier molecular flexibility index (Phi) is 7.07. The molecular weight excluding hydrogens is 489 g/mol. The minimum Gasteiger partial charge on any atom is -0.486 e. The molecule has 0 unspecified atom stereocenters. The van der Waals surface area contributed by atoms with Crippen LogP contribution >= 0.6 is 0 Å². The van der Waals surface area contributed by atoms with Crippen molar-refractivity contribution in [3.63, 3.8) is 0 Å². The van der Waals surface area contributed by atoms with Gasteiger partial charge in [-0.1, -0.05) is 12.1 Å². The van der Waals surface area contributed by atoms with Crippen molar-refractivity contribution in [2.45, 2.75) is 56.4 Å². The summed E-state index contributed by atoms with van der Waals surface area (Å²) in [6, 6.07) is 7.70. The first-order valence-corrected chi connectivity index (χ1v) is 12.0. The number of nitrogens with zero attached hydrogens (tertiary/aromatic N) is 1. The van der Waals surface area contributed by atoms with Gasteiger partial charge in [0.05, 0.1) is 35.5 Å². The van der Waals surface area contributed by atoms with E-state index in [2.05, 4.69) is 0 Å². The first-order chi connectivity index (χ1) is 16.1. The highest BCUT2D eigenvalue weighted by molar-refractivity contribution is 7.92. The van der Waals surface area contributed by atoms with Gasteiger partial charge >= 0.3 is 12.1 Å². The molecule has 2 aromatic carbocycles. The third-order valence-electron chi connectivity index (χ3n) is 4.90. The molecule has 35 heavy (non-hydrogen) atoms. The second kappa shape index (κ2) is 9.40. The number of benzene rings is 2. The number of hydrogen-bond donors (Lipinski definition) is 1. The van der Waals surface area contributed by atoms with E-state index in [4.69, 9.17) is 15.2 Å². The van der Waals surface area contributed by atoms with Crippen LogP contribution < -0.4 is 14.8 Å². The van der Waals surface area contributed by atoms with Crippen molar-refractivity contribution in [3.05, 3.63) is 53.6 Å². The Morgan fingerprint density at radius 1 is 1.14 bits per heavy atom. The summed E-state index contributed by atoms with van der Waals surface area (Å²) in [5.74, 6) is -1.21. The fourth-order valence-corrected chi connectivity index (χ4v) is 5.08. The first-order valence-electron chi connectivity index (χ1n) is 10.6. The fourth-order valence-electron chi connectivity index (χ4n) is 3.53. The molecule has 0 saturated heterocycles. The first kappa shape index (κ1) is 26.3. The lowest BCUT2D eigenvalue weighted by Crippen LogP contribution is -2.45. The maximum absolute atomic E-state index is 13.5. The van der Waals surface area contributed by atoms with Crippen molar-refractivity contribution >= 4 is 27.6 Å². The van der Waals surface area contributed by atoms with E-state index < -0.39 is 50.2 Å². The molecule has 8 nitrogen and oxygen atoms in total. The number of esters is 1. The SMILES string of the molecule is CC(C)(C)OC(=O)Cc1ccc2c(c1)N(S(=O)(=O)c1cccc(C(F)(F)F)c1)C[C@H](CC(N)=O)O2. The number of rotatable bonds is 6. The Bertz CT molecular complexity index is 1240. The van der Waals surface area contributed by atoms with E-state index in [9.17, 15) is 31.2 Å². The molecule has 0 saturated carbocycles. The number of fused-ring (bicyclic) bond motifs is 1. The smallest absolute Gasteiger partial charge is 0.416 e. The van der Waals surface area contributed by atoms with E-state index >= 15 is 0 Å². The van der Waals surface area contributed by atoms with Crippen LogP contribution in [0.25, 0.3) is 0 Å². The predicted octanol–water partition coefficient (Wildman–Crippen LogP) is 3.42. The fraction of sp³-hybridized carbons (Fsp3) is 0.391. The highest BCUT2D eigenvalue weighted by Crippen LogP contribution is 2.39. The number of halogens is 3. The van der Waals surface area contributed by atoms with Crippen molar-refractivity contribution in [2.24, 2.45) is 5.73 Å². The number of nitrogens with two attached hydrogens (primary N) is 1. The van der Waals surface area contributed by atoms with Crippen LogP contribution in [0.2, 0.25) is 0 Å². The van der Waals surface area contributed by atoms with Gasteiger partial charge in [0.25, 0.3) is 10.0 Å². The van der Waals surface area contributed by atoms with Gasteiger partial charge in [0, 0.05) is 0 Å². The van der Waals surface area contributed by atoms with E-state index in [1.165, 1.54) is 18.2 Å². The molecule has 1 amide bonds. The van der Waals surface area contributed by atoms with Crippen LogP contribution in [-0.2, 0) is 36.9 Å². The summed E-state index contributed by atoms with van der Waals surface area (Å²) >= 11 is 0. The quantitative estimate of drug-likeness (QED) is 0.591. The number of amides is 1. The van der Waals surface area contributed by atoms with Crippen molar-refractivity contribution in [3.8, 4) is 5.75 Å². The van der Waals surface area contributed by atoms with Gasteiger partial charge in [-0.25, -0.2) is 8.42 Å². The summed E-state index contributed by atoms with van der Waals surface area (Å²) in [6.45, 7) is 4.74. The molecule has 1 aliphatic heterocycles. The van der Waals surface area contributed by atoms with E-state index in [0.29, 0.717) is 11.6 Å². The Morgan fingerprint density at radius 2 is 1.83 bits per heavy atom. The van der Waals surface area contributed by atoms with Crippen molar-refractivity contribution in [1.82, 2.24) is 0 Å². The Labute approximate surface area is 200 Å². The average Bonchev–Trinajstić information content (AvgIpc) is 2.71. The zero-order valence-corrected chi connectivity index (χ0v) is 20.1. The topological polar surface area (TPSA) is 116 Å². The zero-order valence-electron chi connectivity index (χ0n) is 19.3. The third kappa shape index (κ3) is 6.44. The summed E-state index contributed by atoms with van der Waals surface area (Å²) < 4.78 is 78.5. The third-order valence-corrected chi connectivity index (χ3v) is 6.68. The second-order valence-electron chi connectivity index (χ2n) is 9.04. The van der Waals surface area contributed by atoms with Gasteiger partial charge in [0.2, 0.25) is 5.91 Å². The van der Waals surface area contributed by atoms with E-state index in [1.54, 1.807) is 20.8 Å². The van der Waals surface area contributed by atoms with Crippen LogP contribution in [0.4, 0.5) is 18.9 Å². The number of alkyl halides is 3. The van der Waals surface area contributed by atoms with Gasteiger partial charge in [-0.05, 0) is 56.7 Å². The molecular formula is C23H25F3N2O6S. The Hall–Kier alpha value is -3.28. The molecule has 0 fully saturated rings. The molecule has 1 heterocycles. The summed E-state index contributed by atoms with van der Waals surface area (Å²) in [4.78, 5) is 23.1. The standard InChI is InChI=1S/C23H25F3N2O6S/c1-22(2,3)34-21(30)10-14-7-8-19-18(9-14)28(13-16(33-19)12-20(27)29)35(31,32)17-6-4-5-15(11-17)23(24,25)26/h4-9,11,16H,10,12-13H2,1-3H3,(H2,27,29)/t16-/m0/s1. The maximum Gasteiger partial charge on any atom is 0.416 e. The van der Waals surface area contributed by atoms with Gasteiger partial charge < -0.3 is 15.2 Å². The van der Waals surface area contributed by atoms with Gasteiger partial charge in [0.15, 0.2) is 0 Å². The maximum atomic E-state index is 13.5. The van der Waals surface area contributed by atoms with Crippen LogP contribution in [0.1, 0.15) is 38.3 Å². The van der Waals surface area contributed by atoms with Crippen LogP contribution in [0.5, 0.6) is 5.75 Å². The molecule has 0 aromatic heterocycles. The largest absolute Gasteiger partial charge is 0.486 e. The molecule has 0 radical (unpaired) electrons. The van der Waals surface area contributed by atoms with Crippen LogP contribution in [-0.4, -0.2) is 38.5 Å². The molecule has 0 bridgehead atoms. The molecule has 190 valence electrons. The minimum atomic E-state index is -4.75. The second-order valence-corrected chi connectivity index (χ2v) is 10.9. The number of carbonyl (C=O) groups is 2. The van der Waals surface area contributed by atoms with Gasteiger partial charge in [-0.3, -0.25) is 13.9 Å². The molecule has 1 atom stereocenters. The Balaban J connectivity index is 2.04. The number of primary amides is 1. The summed E-state index contributed by atoms with van der Waals surface area (Å²) in [6.07, 6.45) is -6.19. The van der Waals surface area contributed by atoms with E-state index in [-0.39, 0.29) is 30.8 Å². The van der Waals surface area contributed by atoms with Crippen LogP contribution in [0.3, 0.4) is 0 Å². The number of hydrogen-bond acceptors (Lipinski definition) is 6. The van der Waals surface area contributed by atoms with Crippen LogP contribution in [0, 0.1) is 0 Å². The molecule has 2 N–H and O–H groups in total. The Morgan fingerprint density at radius 3 is 2.43 bits per heavy atom. The average molecular weight is 515 g/mol. The molecule has 2 aromatic rings. The molecule has 3 rings (SSSR count). The number of anilines is 1. The van der Waals surface area contributed by atoms with Gasteiger partial charge in [-0.15, -0.1) is 0 Å². The predicted molar refractivity (Wildman–Crippen MR) is 120 cm³/mol. The number of carbonyl (C=O) groups excluding carboxylic acids is 2. The minimum absolute atomic E-state index is 0.0178. The molecule has 0 spiro atoms. The monoisotopic (exact) mass is 514 g/mol. The summed E-state index contributed by atoms with van der Waals surface area (Å²) in [7, 11) is -4.52. The van der Waals surface area contributed by atoms with E-state index in [0.717, 1.165) is 22.5 Å². The van der Waals surface area contributed by atoms with E-state index in [1.807, 2.05) is 0 Å². The lowest BCUT2D eigenvalue weighted by Gasteiger charge is -2.35. The molecule has 0 aliphatic carbocycles. The molecule has 12 heteroatoms. The number of sulfonamides is 1. The normalized spacial score (nSPS) is 16.3. The lowest BCUT2D eigenvalue weighted by atomic mass is 10.1. The van der Waals surface area contributed by atoms with Crippen molar-refractivity contribution < 1.29 is 40.7 Å². The van der Waals surface area contributed by atoms with Crippen LogP contribution in [0.15, 0.2) is 47.4 Å². The van der Waals surface area contributed by atoms with Gasteiger partial charge in [0.1, 0.15) is 17.5 Å². The molecule has 1 aliphatic rings. The highest BCUT2D eigenvalue weighted by atomic mass is 32.2. The number of ether oxygens (including phenoxy) is 2. The van der Waals surface area contributed by atoms with Crippen molar-refractivity contribution in [1.29, 1.82) is 0 Å². The van der Waals surface area contributed by atoms with Gasteiger partial charge in [-0.2, -0.15) is 13.2 Å². The van der Waals surface area contributed by atoms with Crippen molar-refractivity contribution in [2.75, 3.05) is 10.8 Å². The summed E-state index contributed by atoms with van der Waals surface area (Å²) in [5, 5.41) is 0.